The Morgan fingerprint density at radius 2 is 2.00 bits per heavy atom. The number of hydrogen-bond acceptors (Lipinski definition) is 4. The van der Waals surface area contributed by atoms with E-state index in [4.69, 9.17) is 21.1 Å². The van der Waals surface area contributed by atoms with Crippen molar-refractivity contribution >= 4 is 11.6 Å². The Labute approximate surface area is 121 Å². The van der Waals surface area contributed by atoms with Crippen LogP contribution in [0.25, 0.3) is 5.69 Å². The molecule has 0 radical (unpaired) electrons. The Balaban J connectivity index is 2.69. The predicted molar refractivity (Wildman–Crippen MR) is 77.2 cm³/mol. The summed E-state index contributed by atoms with van der Waals surface area (Å²) in [6, 6.07) is 6.88. The first-order valence-electron chi connectivity index (χ1n) is 5.99. The van der Waals surface area contributed by atoms with E-state index < -0.39 is 0 Å². The van der Waals surface area contributed by atoms with Gasteiger partial charge in [0.1, 0.15) is 22.9 Å². The van der Waals surface area contributed by atoms with Crippen molar-refractivity contribution < 1.29 is 9.47 Å². The highest BCUT2D eigenvalue weighted by Gasteiger charge is 2.12. The first-order chi connectivity index (χ1) is 9.60. The lowest BCUT2D eigenvalue weighted by atomic mass is 10.2. The standard InChI is InChI=1S/C14H15ClN2O3/c1-9-6-13(18)11(8-15)16-17(9)12-7-10(19-2)4-5-14(12)20-3/h4-7H,8H2,1-3H3. The molecule has 0 amide bonds. The number of aromatic nitrogens is 2. The number of benzene rings is 1. The molecular formula is C14H15ClN2O3. The maximum absolute atomic E-state index is 11.7. The van der Waals surface area contributed by atoms with Crippen LogP contribution in [0.4, 0.5) is 0 Å². The molecule has 0 N–H and O–H groups in total. The van der Waals surface area contributed by atoms with E-state index in [-0.39, 0.29) is 11.3 Å². The number of alkyl halides is 1. The Morgan fingerprint density at radius 3 is 2.60 bits per heavy atom. The van der Waals surface area contributed by atoms with Crippen LogP contribution in [-0.2, 0) is 5.88 Å². The van der Waals surface area contributed by atoms with E-state index in [9.17, 15) is 4.79 Å². The van der Waals surface area contributed by atoms with E-state index in [1.807, 2.05) is 0 Å². The van der Waals surface area contributed by atoms with E-state index >= 15 is 0 Å². The molecule has 0 spiro atoms. The summed E-state index contributed by atoms with van der Waals surface area (Å²) in [6.45, 7) is 1.80. The molecule has 0 aliphatic heterocycles. The van der Waals surface area contributed by atoms with Gasteiger partial charge < -0.3 is 9.47 Å². The molecule has 106 valence electrons. The van der Waals surface area contributed by atoms with Crippen LogP contribution in [-0.4, -0.2) is 24.0 Å². The molecule has 2 rings (SSSR count). The highest BCUT2D eigenvalue weighted by atomic mass is 35.5. The van der Waals surface area contributed by atoms with Crippen molar-refractivity contribution in [3.63, 3.8) is 0 Å². The highest BCUT2D eigenvalue weighted by Crippen LogP contribution is 2.27. The summed E-state index contributed by atoms with van der Waals surface area (Å²) in [5.74, 6) is 1.37. The highest BCUT2D eigenvalue weighted by molar-refractivity contribution is 6.16. The van der Waals surface area contributed by atoms with Gasteiger partial charge in [-0.3, -0.25) is 4.79 Å². The van der Waals surface area contributed by atoms with E-state index in [0.29, 0.717) is 28.6 Å². The van der Waals surface area contributed by atoms with Gasteiger partial charge in [-0.25, -0.2) is 4.68 Å². The maximum atomic E-state index is 11.7. The minimum atomic E-state index is -0.171. The summed E-state index contributed by atoms with van der Waals surface area (Å²) in [5, 5.41) is 4.28. The van der Waals surface area contributed by atoms with Crippen LogP contribution < -0.4 is 14.9 Å². The Morgan fingerprint density at radius 1 is 1.25 bits per heavy atom. The molecule has 1 heterocycles. The van der Waals surface area contributed by atoms with Crippen LogP contribution >= 0.6 is 11.6 Å². The van der Waals surface area contributed by atoms with Gasteiger partial charge in [-0.1, -0.05) is 0 Å². The summed E-state index contributed by atoms with van der Waals surface area (Å²) in [4.78, 5) is 11.7. The first-order valence-corrected chi connectivity index (χ1v) is 6.52. The summed E-state index contributed by atoms with van der Waals surface area (Å²) >= 11 is 5.74. The number of aryl methyl sites for hydroxylation is 1. The fourth-order valence-corrected chi connectivity index (χ4v) is 2.07. The second-order valence-corrected chi connectivity index (χ2v) is 4.45. The molecule has 0 aliphatic rings. The number of halogens is 1. The summed E-state index contributed by atoms with van der Waals surface area (Å²) in [7, 11) is 3.16. The molecule has 2 aromatic rings. The van der Waals surface area contributed by atoms with E-state index in [1.54, 1.807) is 44.0 Å². The lowest BCUT2D eigenvalue weighted by Gasteiger charge is -2.15. The smallest absolute Gasteiger partial charge is 0.204 e. The molecule has 0 aliphatic carbocycles. The molecule has 0 atom stereocenters. The summed E-state index contributed by atoms with van der Waals surface area (Å²) in [6.07, 6.45) is 0. The predicted octanol–water partition coefficient (Wildman–Crippen LogP) is 2.30. The fourth-order valence-electron chi connectivity index (χ4n) is 1.88. The van der Waals surface area contributed by atoms with Crippen LogP contribution in [0.5, 0.6) is 11.5 Å². The van der Waals surface area contributed by atoms with Crippen LogP contribution in [0.2, 0.25) is 0 Å². The zero-order valence-corrected chi connectivity index (χ0v) is 12.3. The van der Waals surface area contributed by atoms with Crippen LogP contribution in [0, 0.1) is 6.92 Å². The van der Waals surface area contributed by atoms with Crippen molar-refractivity contribution in [3.8, 4) is 17.2 Å². The van der Waals surface area contributed by atoms with Crippen molar-refractivity contribution in [1.82, 2.24) is 9.78 Å². The molecule has 6 heteroatoms. The molecular weight excluding hydrogens is 280 g/mol. The monoisotopic (exact) mass is 294 g/mol. The van der Waals surface area contributed by atoms with Gasteiger partial charge in [0, 0.05) is 17.8 Å². The largest absolute Gasteiger partial charge is 0.497 e. The molecule has 1 aromatic carbocycles. The molecule has 20 heavy (non-hydrogen) atoms. The third-order valence-electron chi connectivity index (χ3n) is 2.92. The SMILES string of the molecule is COc1ccc(OC)c(-n2nc(CCl)c(=O)cc2C)c1. The average Bonchev–Trinajstić information content (AvgIpc) is 2.47. The van der Waals surface area contributed by atoms with Gasteiger partial charge in [0.25, 0.3) is 0 Å². The molecule has 0 saturated heterocycles. The minimum absolute atomic E-state index is 0.0609. The second-order valence-electron chi connectivity index (χ2n) is 4.18. The molecule has 1 aromatic heterocycles. The summed E-state index contributed by atoms with van der Waals surface area (Å²) < 4.78 is 12.2. The van der Waals surface area contributed by atoms with Gasteiger partial charge in [0.15, 0.2) is 0 Å². The van der Waals surface area contributed by atoms with Gasteiger partial charge in [-0.2, -0.15) is 5.10 Å². The van der Waals surface area contributed by atoms with Gasteiger partial charge in [-0.15, -0.1) is 11.6 Å². The third kappa shape index (κ3) is 2.63. The zero-order valence-electron chi connectivity index (χ0n) is 11.5. The molecule has 0 unspecified atom stereocenters. The first kappa shape index (κ1) is 14.4. The zero-order chi connectivity index (χ0) is 14.7. The average molecular weight is 295 g/mol. The number of methoxy groups -OCH3 is 2. The number of nitrogens with zero attached hydrogens (tertiary/aromatic N) is 2. The lowest BCUT2D eigenvalue weighted by Crippen LogP contribution is -2.18. The Hall–Kier alpha value is -2.01. The summed E-state index contributed by atoms with van der Waals surface area (Å²) in [5.41, 5.74) is 1.50. The van der Waals surface area contributed by atoms with Gasteiger partial charge in [0.2, 0.25) is 5.43 Å². The van der Waals surface area contributed by atoms with Crippen LogP contribution in [0.1, 0.15) is 11.4 Å². The van der Waals surface area contributed by atoms with Crippen molar-refractivity contribution in [2.45, 2.75) is 12.8 Å². The van der Waals surface area contributed by atoms with Crippen LogP contribution in [0.15, 0.2) is 29.1 Å². The Bertz CT molecular complexity index is 683. The number of rotatable bonds is 4. The van der Waals surface area contributed by atoms with Crippen molar-refractivity contribution in [2.24, 2.45) is 0 Å². The normalized spacial score (nSPS) is 10.4. The van der Waals surface area contributed by atoms with Gasteiger partial charge in [-0.05, 0) is 19.1 Å². The second kappa shape index (κ2) is 5.96. The maximum Gasteiger partial charge on any atom is 0.204 e. The van der Waals surface area contributed by atoms with Crippen molar-refractivity contribution in [1.29, 1.82) is 0 Å². The van der Waals surface area contributed by atoms with E-state index in [0.717, 1.165) is 0 Å². The van der Waals surface area contributed by atoms with E-state index in [1.165, 1.54) is 6.07 Å². The lowest BCUT2D eigenvalue weighted by molar-refractivity contribution is 0.400. The van der Waals surface area contributed by atoms with Crippen LogP contribution in [0.3, 0.4) is 0 Å². The number of hydrogen-bond donors (Lipinski definition) is 0. The Kier molecular flexibility index (Phi) is 4.29. The molecule has 0 fully saturated rings. The number of ether oxygens (including phenoxy) is 2. The minimum Gasteiger partial charge on any atom is -0.497 e. The van der Waals surface area contributed by atoms with Crippen molar-refractivity contribution in [3.05, 3.63) is 45.9 Å². The van der Waals surface area contributed by atoms with Gasteiger partial charge >= 0.3 is 0 Å². The molecule has 5 nitrogen and oxygen atoms in total. The van der Waals surface area contributed by atoms with E-state index in [2.05, 4.69) is 5.10 Å². The molecule has 0 saturated carbocycles. The fraction of sp³-hybridized carbons (Fsp3) is 0.286. The quantitative estimate of drug-likeness (QED) is 0.812. The topological polar surface area (TPSA) is 53.4 Å². The van der Waals surface area contributed by atoms with Gasteiger partial charge in [0.05, 0.1) is 20.1 Å². The van der Waals surface area contributed by atoms with Crippen molar-refractivity contribution in [2.75, 3.05) is 14.2 Å². The third-order valence-corrected chi connectivity index (χ3v) is 3.17. The molecule has 0 bridgehead atoms.